The second kappa shape index (κ2) is 24.8. The van der Waals surface area contributed by atoms with E-state index in [1.807, 2.05) is 51.1 Å². The third-order valence-electron chi connectivity index (χ3n) is 7.23. The smallest absolute Gasteiger partial charge is 0.315 e. The molecule has 284 valence electrons. The maximum absolute atomic E-state index is 12.9. The lowest BCUT2D eigenvalue weighted by molar-refractivity contribution is -0.138. The number of carbonyl (C=O) groups is 6. The number of benzene rings is 1. The fraction of sp³-hybridized carbons (Fsp3) is 0.647. The number of nitrogens with zero attached hydrogens (tertiary/aromatic N) is 2. The van der Waals surface area contributed by atoms with Crippen LogP contribution in [0.4, 0.5) is 4.79 Å². The first-order valence-corrected chi connectivity index (χ1v) is 17.4. The highest BCUT2D eigenvalue weighted by Crippen LogP contribution is 2.28. The topological polar surface area (TPSA) is 192 Å². The number of likely N-dealkylation sites (N-methyl/N-ethyl adjacent to an activating group) is 1. The van der Waals surface area contributed by atoms with E-state index in [0.29, 0.717) is 38.4 Å². The van der Waals surface area contributed by atoms with Gasteiger partial charge >= 0.3 is 6.03 Å². The summed E-state index contributed by atoms with van der Waals surface area (Å²) in [6.07, 6.45) is 3.75. The molecule has 2 aliphatic rings. The molecule has 0 radical (unpaired) electrons. The number of nitrogens with one attached hydrogen (secondary N) is 4. The molecular formula is C34H57Cl2N7O7. The first kappa shape index (κ1) is 46.7. The number of halogens is 2. The van der Waals surface area contributed by atoms with E-state index >= 15 is 0 Å². The number of ketones is 1. The highest BCUT2D eigenvalue weighted by Gasteiger charge is 2.43. The summed E-state index contributed by atoms with van der Waals surface area (Å²) in [7, 11) is 1.62. The van der Waals surface area contributed by atoms with Crippen LogP contribution in [0.3, 0.4) is 0 Å². The second-order valence-electron chi connectivity index (χ2n) is 13.5. The van der Waals surface area contributed by atoms with Crippen molar-refractivity contribution in [2.75, 3.05) is 20.1 Å². The van der Waals surface area contributed by atoms with Crippen LogP contribution in [0.2, 0.25) is 0 Å². The molecule has 50 heavy (non-hydrogen) atoms. The molecule has 16 heteroatoms. The zero-order valence-electron chi connectivity index (χ0n) is 30.5. The minimum Gasteiger partial charge on any atom is -0.463 e. The van der Waals surface area contributed by atoms with Crippen molar-refractivity contribution < 1.29 is 33.5 Å². The van der Waals surface area contributed by atoms with Gasteiger partial charge in [-0.1, -0.05) is 78.3 Å². The molecule has 14 nitrogen and oxygen atoms in total. The molecule has 1 aromatic carbocycles. The number of rotatable bonds is 13. The van der Waals surface area contributed by atoms with Crippen molar-refractivity contribution in [3.63, 3.8) is 0 Å². The van der Waals surface area contributed by atoms with Gasteiger partial charge in [0.1, 0.15) is 25.1 Å². The summed E-state index contributed by atoms with van der Waals surface area (Å²) in [6, 6.07) is 7.78. The normalized spacial score (nSPS) is 18.0. The maximum Gasteiger partial charge on any atom is 0.315 e. The fourth-order valence-electron chi connectivity index (χ4n) is 4.47. The van der Waals surface area contributed by atoms with E-state index < -0.39 is 41.4 Å². The van der Waals surface area contributed by atoms with Gasteiger partial charge in [-0.2, -0.15) is 0 Å². The molecule has 0 spiro atoms. The van der Waals surface area contributed by atoms with E-state index in [-0.39, 0.29) is 18.5 Å². The van der Waals surface area contributed by atoms with E-state index in [2.05, 4.69) is 46.8 Å². The van der Waals surface area contributed by atoms with Crippen LogP contribution in [0.25, 0.3) is 0 Å². The second-order valence-corrected chi connectivity index (χ2v) is 14.4. The van der Waals surface area contributed by atoms with Crippen molar-refractivity contribution in [2.45, 2.75) is 111 Å². The number of nitrogens with two attached hydrogens (primary N) is 1. The predicted octanol–water partition coefficient (Wildman–Crippen LogP) is 3.25. The van der Waals surface area contributed by atoms with Crippen molar-refractivity contribution in [3.8, 4) is 0 Å². The summed E-state index contributed by atoms with van der Waals surface area (Å²) in [6.45, 7) is 15.3. The van der Waals surface area contributed by atoms with Crippen molar-refractivity contribution in [3.05, 3.63) is 35.9 Å². The van der Waals surface area contributed by atoms with E-state index in [4.69, 9.17) is 29.3 Å². The Balaban J connectivity index is 0.000000744. The average molecular weight is 747 g/mol. The summed E-state index contributed by atoms with van der Waals surface area (Å²) < 4.78 is 5.50. The van der Waals surface area contributed by atoms with Crippen molar-refractivity contribution >= 4 is 59.9 Å². The summed E-state index contributed by atoms with van der Waals surface area (Å²) in [5, 5.41) is 11.0. The average Bonchev–Trinajstić information content (AvgIpc) is 3.47. The molecule has 1 aliphatic heterocycles. The number of amides is 4. The molecule has 3 unspecified atom stereocenters. The third-order valence-corrected chi connectivity index (χ3v) is 7.78. The van der Waals surface area contributed by atoms with Gasteiger partial charge in [0, 0.05) is 19.1 Å². The molecule has 2 fully saturated rings. The molecule has 1 saturated heterocycles. The van der Waals surface area contributed by atoms with E-state index in [1.165, 1.54) is 11.3 Å². The lowest BCUT2D eigenvalue weighted by Crippen LogP contribution is -2.57. The Morgan fingerprint density at radius 1 is 1.08 bits per heavy atom. The maximum atomic E-state index is 12.9. The molecule has 1 heterocycles. The van der Waals surface area contributed by atoms with E-state index in [0.717, 1.165) is 28.3 Å². The van der Waals surface area contributed by atoms with Gasteiger partial charge in [0.15, 0.2) is 0 Å². The Morgan fingerprint density at radius 2 is 1.66 bits per heavy atom. The lowest BCUT2D eigenvalue weighted by atomic mass is 9.85. The third kappa shape index (κ3) is 18.6. The van der Waals surface area contributed by atoms with Gasteiger partial charge in [-0.3, -0.25) is 29.8 Å². The predicted molar refractivity (Wildman–Crippen MR) is 195 cm³/mol. The SMILES string of the molecule is CC(C)C.CCNC(=O)NC(C(=O)N1C[C@H](N(Cl)Cl)CC1C=O)C(C)(C)C.CNC(NC1CCC1)C(=O)C(N)=O.O=COCc1ccccc1. The van der Waals surface area contributed by atoms with Gasteiger partial charge in [-0.25, -0.2) is 4.79 Å². The number of Topliss-reactive ketones (excluding diaryl/α,β-unsaturated/α-hetero) is 1. The molecule has 4 atom stereocenters. The minimum absolute atomic E-state index is 0.235. The zero-order valence-corrected chi connectivity index (χ0v) is 32.1. The number of hydrogen-bond acceptors (Lipinski definition) is 10. The molecule has 0 bridgehead atoms. The van der Waals surface area contributed by atoms with Crippen LogP contribution >= 0.6 is 23.6 Å². The van der Waals surface area contributed by atoms with Gasteiger partial charge < -0.3 is 30.8 Å². The molecule has 6 N–H and O–H groups in total. The minimum atomic E-state index is -0.897. The number of ether oxygens (including phenoxy) is 1. The summed E-state index contributed by atoms with van der Waals surface area (Å²) in [5.74, 6) is -0.987. The molecule has 1 saturated carbocycles. The molecule has 3 rings (SSSR count). The first-order valence-electron chi connectivity index (χ1n) is 16.7. The van der Waals surface area contributed by atoms with E-state index in [9.17, 15) is 28.8 Å². The van der Waals surface area contributed by atoms with Gasteiger partial charge in [0.2, 0.25) is 5.91 Å². The highest BCUT2D eigenvalue weighted by molar-refractivity contribution is 6.37. The van der Waals surface area contributed by atoms with Crippen LogP contribution in [-0.4, -0.2) is 95.7 Å². The monoisotopic (exact) mass is 745 g/mol. The van der Waals surface area contributed by atoms with Crippen molar-refractivity contribution in [1.29, 1.82) is 0 Å². The Morgan fingerprint density at radius 3 is 2.06 bits per heavy atom. The Bertz CT molecular complexity index is 1180. The summed E-state index contributed by atoms with van der Waals surface area (Å²) >= 11 is 11.5. The van der Waals surface area contributed by atoms with Gasteiger partial charge in [0.05, 0.1) is 12.1 Å². The summed E-state index contributed by atoms with van der Waals surface area (Å²) in [5.41, 5.74) is 5.37. The van der Waals surface area contributed by atoms with Crippen LogP contribution in [0.5, 0.6) is 0 Å². The molecule has 0 aromatic heterocycles. The first-order chi connectivity index (χ1) is 23.4. The number of urea groups is 1. The number of hydrogen-bond donors (Lipinski definition) is 5. The Kier molecular flexibility index (Phi) is 23.1. The Labute approximate surface area is 307 Å². The number of primary amides is 1. The number of likely N-dealkylation sites (tertiary alicyclic amines) is 1. The van der Waals surface area contributed by atoms with Gasteiger partial charge in [0.25, 0.3) is 18.2 Å². The number of aldehydes is 1. The molecule has 4 amide bonds. The Hall–Kier alpha value is -3.30. The summed E-state index contributed by atoms with van der Waals surface area (Å²) in [4.78, 5) is 68.9. The molecule has 1 aliphatic carbocycles. The highest BCUT2D eigenvalue weighted by atomic mass is 35.5. The molecular weight excluding hydrogens is 689 g/mol. The van der Waals surface area contributed by atoms with Crippen LogP contribution in [-0.2, 0) is 35.3 Å². The van der Waals surface area contributed by atoms with Crippen LogP contribution in [0.15, 0.2) is 30.3 Å². The van der Waals surface area contributed by atoms with Gasteiger partial charge in [-0.05, 0) is 73.7 Å². The van der Waals surface area contributed by atoms with E-state index in [1.54, 1.807) is 14.0 Å². The standard InChI is InChI=1S/C14H24Cl2N4O3.C8H15N3O2.C8H8O2.C4H10/c1-5-17-13(23)18-11(14(2,3)4)12(22)19-7-9(20(15)16)6-10(19)8-21;1-10-8(6(12)7(9)13)11-5-3-2-4-5;9-7-10-6-8-4-2-1-3-5-8;1-4(2)3/h8-11H,5-7H2,1-4H3,(H2,17,18,23);5,8,10-11H,2-4H2,1H3,(H2,9,13);1-5,7H,6H2;4H,1-3H3/t9-,10?,11?;;;/m1.../s1. The zero-order chi connectivity index (χ0) is 38.4. The largest absolute Gasteiger partial charge is 0.463 e. The lowest BCUT2D eigenvalue weighted by Gasteiger charge is -2.34. The van der Waals surface area contributed by atoms with Crippen LogP contribution in [0.1, 0.15) is 79.7 Å². The number of carbonyl (C=O) groups excluding carboxylic acids is 6. The molecule has 1 aromatic rings. The van der Waals surface area contributed by atoms with Crippen LogP contribution in [0, 0.1) is 11.3 Å². The van der Waals surface area contributed by atoms with Crippen molar-refractivity contribution in [2.24, 2.45) is 17.1 Å². The van der Waals surface area contributed by atoms with Gasteiger partial charge in [-0.15, -0.1) is 3.94 Å². The van der Waals surface area contributed by atoms with Crippen molar-refractivity contribution in [1.82, 2.24) is 30.1 Å². The fourth-order valence-corrected chi connectivity index (χ4v) is 4.75. The quantitative estimate of drug-likeness (QED) is 0.0867. The van der Waals surface area contributed by atoms with Crippen LogP contribution < -0.4 is 27.0 Å².